The first-order valence-corrected chi connectivity index (χ1v) is 16.9. The number of nitrogens with zero attached hydrogens (tertiary/aromatic N) is 2. The minimum Gasteiger partial charge on any atom is -0.481 e. The van der Waals surface area contributed by atoms with E-state index in [-0.39, 0.29) is 44.4 Å². The molecule has 5 amide bonds. The second kappa shape index (κ2) is 14.1. The summed E-state index contributed by atoms with van der Waals surface area (Å²) in [6.07, 6.45) is 0.599. The van der Waals surface area contributed by atoms with Gasteiger partial charge in [0.05, 0.1) is 12.0 Å². The van der Waals surface area contributed by atoms with Gasteiger partial charge in [-0.3, -0.25) is 43.6 Å². The molecular formula is C31H36N5O11P. The summed E-state index contributed by atoms with van der Waals surface area (Å²) in [4.78, 5) is 96.3. The highest BCUT2D eigenvalue weighted by Gasteiger charge is 2.46. The topological polar surface area (TPSA) is 232 Å². The lowest BCUT2D eigenvalue weighted by Crippen LogP contribution is -2.64. The Morgan fingerprint density at radius 1 is 0.979 bits per heavy atom. The van der Waals surface area contributed by atoms with E-state index in [1.165, 1.54) is 36.2 Å². The van der Waals surface area contributed by atoms with Crippen LogP contribution >= 0.6 is 7.82 Å². The normalized spacial score (nSPS) is 22.9. The average molecular weight is 686 g/mol. The number of rotatable bonds is 10. The van der Waals surface area contributed by atoms with Crippen LogP contribution in [0.15, 0.2) is 48.5 Å². The maximum atomic E-state index is 14.0. The number of phosphoric ester groups is 1. The molecule has 48 heavy (non-hydrogen) atoms. The SMILES string of the molecule is CC(=O)N[C@@H](Cc1ccc(OP(=O)(O)O)cc1)C(=O)N[C@H]1CCC(=O)N2CCC[C@@H](C(=O)N[C@H]3C[C@@H](C(=O)O)c4ccccc43)N2C1=O. The first-order chi connectivity index (χ1) is 22.7. The van der Waals surface area contributed by atoms with Crippen LogP contribution in [0.5, 0.6) is 5.75 Å². The fourth-order valence-corrected chi connectivity index (χ4v) is 6.86. The van der Waals surface area contributed by atoms with Crippen molar-refractivity contribution >= 4 is 43.3 Å². The molecule has 17 heteroatoms. The van der Waals surface area contributed by atoms with Crippen molar-refractivity contribution in [3.05, 3.63) is 65.2 Å². The van der Waals surface area contributed by atoms with Crippen molar-refractivity contribution in [2.24, 2.45) is 0 Å². The van der Waals surface area contributed by atoms with Gasteiger partial charge in [0.15, 0.2) is 0 Å². The largest absolute Gasteiger partial charge is 0.524 e. The van der Waals surface area contributed by atoms with E-state index in [2.05, 4.69) is 20.5 Å². The Morgan fingerprint density at radius 3 is 2.31 bits per heavy atom. The van der Waals surface area contributed by atoms with E-state index in [0.717, 1.165) is 5.01 Å². The molecule has 16 nitrogen and oxygen atoms in total. The van der Waals surface area contributed by atoms with E-state index in [0.29, 0.717) is 23.1 Å². The highest BCUT2D eigenvalue weighted by molar-refractivity contribution is 7.46. The molecule has 0 aromatic heterocycles. The van der Waals surface area contributed by atoms with E-state index in [1.54, 1.807) is 24.3 Å². The number of hydrogen-bond donors (Lipinski definition) is 6. The zero-order valence-electron chi connectivity index (χ0n) is 25.9. The van der Waals surface area contributed by atoms with Crippen LogP contribution in [0.2, 0.25) is 0 Å². The van der Waals surface area contributed by atoms with Crippen LogP contribution in [0, 0.1) is 0 Å². The maximum Gasteiger partial charge on any atom is 0.524 e. The van der Waals surface area contributed by atoms with Crippen LogP contribution in [-0.2, 0) is 39.8 Å². The number of carboxylic acids is 1. The molecule has 1 aliphatic carbocycles. The fourth-order valence-electron chi connectivity index (χ4n) is 6.47. The molecule has 2 heterocycles. The van der Waals surface area contributed by atoms with Gasteiger partial charge >= 0.3 is 13.8 Å². The Hall–Kier alpha value is -4.79. The number of hydrazine groups is 1. The molecule has 2 saturated heterocycles. The maximum absolute atomic E-state index is 14.0. The molecule has 2 fully saturated rings. The molecular weight excluding hydrogens is 649 g/mol. The number of aliphatic carboxylic acids is 1. The van der Waals surface area contributed by atoms with Crippen molar-refractivity contribution in [1.29, 1.82) is 0 Å². The molecule has 5 rings (SSSR count). The first kappa shape index (κ1) is 34.5. The average Bonchev–Trinajstić information content (AvgIpc) is 3.34. The second-order valence-electron chi connectivity index (χ2n) is 12.0. The summed E-state index contributed by atoms with van der Waals surface area (Å²) in [5.74, 6) is -4.81. The van der Waals surface area contributed by atoms with Gasteiger partial charge in [-0.2, -0.15) is 0 Å². The number of phosphoric acid groups is 1. The van der Waals surface area contributed by atoms with Crippen molar-refractivity contribution in [2.45, 2.75) is 75.5 Å². The number of carbonyl (C=O) groups excluding carboxylic acids is 5. The van der Waals surface area contributed by atoms with Gasteiger partial charge in [-0.25, -0.2) is 9.57 Å². The molecule has 0 spiro atoms. The number of hydrogen-bond acceptors (Lipinski definition) is 8. The summed E-state index contributed by atoms with van der Waals surface area (Å²) < 4.78 is 15.6. The number of carbonyl (C=O) groups is 6. The van der Waals surface area contributed by atoms with Gasteiger partial charge in [0.1, 0.15) is 23.9 Å². The summed E-state index contributed by atoms with van der Waals surface area (Å²) in [5.41, 5.74) is 1.77. The van der Waals surface area contributed by atoms with Gasteiger partial charge in [0, 0.05) is 26.3 Å². The summed E-state index contributed by atoms with van der Waals surface area (Å²) in [6, 6.07) is 8.34. The summed E-state index contributed by atoms with van der Waals surface area (Å²) in [7, 11) is -4.78. The van der Waals surface area contributed by atoms with Crippen LogP contribution in [0.1, 0.15) is 67.7 Å². The van der Waals surface area contributed by atoms with Gasteiger partial charge in [-0.05, 0) is 54.5 Å². The molecule has 0 unspecified atom stereocenters. The van der Waals surface area contributed by atoms with Crippen molar-refractivity contribution in [2.75, 3.05) is 6.54 Å². The zero-order valence-corrected chi connectivity index (χ0v) is 26.8. The van der Waals surface area contributed by atoms with Crippen molar-refractivity contribution < 1.29 is 52.7 Å². The van der Waals surface area contributed by atoms with Gasteiger partial charge in [0.2, 0.25) is 23.6 Å². The third-order valence-electron chi connectivity index (χ3n) is 8.59. The molecule has 3 aliphatic rings. The Balaban J connectivity index is 1.32. The zero-order chi connectivity index (χ0) is 34.7. The van der Waals surface area contributed by atoms with Crippen molar-refractivity contribution in [1.82, 2.24) is 26.0 Å². The molecule has 2 aromatic rings. The minimum atomic E-state index is -4.78. The lowest BCUT2D eigenvalue weighted by molar-refractivity contribution is -0.176. The Morgan fingerprint density at radius 2 is 1.67 bits per heavy atom. The van der Waals surface area contributed by atoms with Crippen LogP contribution in [0.25, 0.3) is 0 Å². The highest BCUT2D eigenvalue weighted by atomic mass is 31.2. The molecule has 256 valence electrons. The highest BCUT2D eigenvalue weighted by Crippen LogP contribution is 2.41. The van der Waals surface area contributed by atoms with Crippen LogP contribution in [0.4, 0.5) is 0 Å². The fraction of sp³-hybridized carbons (Fsp3) is 0.419. The van der Waals surface area contributed by atoms with E-state index in [9.17, 15) is 38.4 Å². The number of carboxylic acid groups (broad SMARTS) is 1. The van der Waals surface area contributed by atoms with Crippen LogP contribution in [0.3, 0.4) is 0 Å². The number of fused-ring (bicyclic) bond motifs is 2. The van der Waals surface area contributed by atoms with E-state index < -0.39 is 73.4 Å². The molecule has 0 saturated carbocycles. The van der Waals surface area contributed by atoms with E-state index in [4.69, 9.17) is 9.79 Å². The van der Waals surface area contributed by atoms with Crippen LogP contribution in [-0.4, -0.2) is 85.1 Å². The quantitative estimate of drug-likeness (QED) is 0.190. The predicted octanol–water partition coefficient (Wildman–Crippen LogP) is 0.648. The van der Waals surface area contributed by atoms with Gasteiger partial charge in [-0.15, -0.1) is 0 Å². The number of nitrogens with one attached hydrogen (secondary N) is 3. The second-order valence-corrected chi connectivity index (χ2v) is 13.1. The molecule has 0 bridgehead atoms. The van der Waals surface area contributed by atoms with Crippen molar-refractivity contribution in [3.8, 4) is 5.75 Å². The third-order valence-corrected chi connectivity index (χ3v) is 9.04. The van der Waals surface area contributed by atoms with E-state index >= 15 is 0 Å². The Labute approximate surface area is 275 Å². The van der Waals surface area contributed by atoms with Gasteiger partial charge in [0.25, 0.3) is 5.91 Å². The summed E-state index contributed by atoms with van der Waals surface area (Å²) in [6.45, 7) is 1.40. The van der Waals surface area contributed by atoms with E-state index in [1.807, 2.05) is 0 Å². The molecule has 5 atom stereocenters. The standard InChI is InChI=1S/C31H36N5O11P/c1-17(37)32-25(15-18-8-10-19(11-9-18)47-48(44,45)46)28(39)33-23-12-13-27(38)35-14-4-7-26(36(35)30(23)41)29(40)34-24-16-22(31(42)43)20-5-2-3-6-21(20)24/h2-3,5-6,8-11,22-26H,4,7,12-16H2,1H3,(H,32,37)(H,33,39)(H,34,40)(H,42,43)(H2,44,45,46)/t22-,23+,24+,25+,26+/m1/s1. The summed E-state index contributed by atoms with van der Waals surface area (Å²) in [5, 5.41) is 20.1. The van der Waals surface area contributed by atoms with Crippen molar-refractivity contribution in [3.63, 3.8) is 0 Å². The molecule has 6 N–H and O–H groups in total. The van der Waals surface area contributed by atoms with Gasteiger partial charge in [-0.1, -0.05) is 36.4 Å². The monoisotopic (exact) mass is 685 g/mol. The van der Waals surface area contributed by atoms with Gasteiger partial charge < -0.3 is 25.6 Å². The lowest BCUT2D eigenvalue weighted by atomic mass is 10.0. The molecule has 2 aromatic carbocycles. The molecule has 0 radical (unpaired) electrons. The first-order valence-electron chi connectivity index (χ1n) is 15.4. The number of amides is 5. The Bertz CT molecular complexity index is 1660. The lowest BCUT2D eigenvalue weighted by Gasteiger charge is -2.43. The molecule has 2 aliphatic heterocycles. The minimum absolute atomic E-state index is 0.0531. The Kier molecular flexibility index (Phi) is 10.2. The number of benzene rings is 2. The third kappa shape index (κ3) is 7.84. The smallest absolute Gasteiger partial charge is 0.481 e. The predicted molar refractivity (Wildman–Crippen MR) is 165 cm³/mol. The summed E-state index contributed by atoms with van der Waals surface area (Å²) >= 11 is 0. The van der Waals surface area contributed by atoms with Crippen LogP contribution < -0.4 is 20.5 Å².